The van der Waals surface area contributed by atoms with Gasteiger partial charge in [0.25, 0.3) is 11.8 Å². The number of aliphatic hydroxyl groups excluding tert-OH is 1. The van der Waals surface area contributed by atoms with Crippen molar-refractivity contribution in [3.63, 3.8) is 0 Å². The van der Waals surface area contributed by atoms with E-state index in [1.54, 1.807) is 42.9 Å². The summed E-state index contributed by atoms with van der Waals surface area (Å²) in [5.74, 6) is -0.938. The number of carbonyl (C=O) groups is 4. The van der Waals surface area contributed by atoms with E-state index in [0.717, 1.165) is 33.6 Å². The highest BCUT2D eigenvalue weighted by molar-refractivity contribution is 6.04. The van der Waals surface area contributed by atoms with Crippen molar-refractivity contribution in [2.24, 2.45) is 11.7 Å². The Morgan fingerprint density at radius 1 is 0.833 bits per heavy atom. The van der Waals surface area contributed by atoms with Crippen LogP contribution in [0.4, 0.5) is 17.3 Å². The number of unbranched alkanes of at least 4 members (excludes halogenated alkanes) is 1. The molecule has 4 amide bonds. The molecule has 0 saturated heterocycles. The highest BCUT2D eigenvalue weighted by Gasteiger charge is 2.28. The minimum Gasteiger partial charge on any atom is -0.382 e. The highest BCUT2D eigenvalue weighted by Crippen LogP contribution is 2.25. The molecule has 2 heterocycles. The van der Waals surface area contributed by atoms with Gasteiger partial charge in [-0.1, -0.05) is 62.4 Å². The number of amides is 4. The van der Waals surface area contributed by atoms with Crippen LogP contribution in [0.2, 0.25) is 0 Å². The van der Waals surface area contributed by atoms with Crippen LogP contribution in [0.25, 0.3) is 11.3 Å². The van der Waals surface area contributed by atoms with Crippen molar-refractivity contribution in [2.75, 3.05) is 17.2 Å². The van der Waals surface area contributed by atoms with E-state index < -0.39 is 24.1 Å². The van der Waals surface area contributed by atoms with Crippen molar-refractivity contribution in [1.29, 1.82) is 0 Å². The maximum atomic E-state index is 13.1. The topological polar surface area (TPSA) is 213 Å². The lowest BCUT2D eigenvalue weighted by Gasteiger charge is -2.24. The van der Waals surface area contributed by atoms with Crippen molar-refractivity contribution in [3.05, 3.63) is 132 Å². The number of nitrogens with one attached hydrogen (secondary N) is 5. The summed E-state index contributed by atoms with van der Waals surface area (Å²) in [5.41, 5.74) is 12.2. The number of nitrogens with zero attached hydrogens (tertiary/aromatic N) is 3. The van der Waals surface area contributed by atoms with E-state index >= 15 is 0 Å². The summed E-state index contributed by atoms with van der Waals surface area (Å²) >= 11 is 0. The smallest absolute Gasteiger partial charge is 0.255 e. The van der Waals surface area contributed by atoms with Crippen molar-refractivity contribution < 1.29 is 24.3 Å². The van der Waals surface area contributed by atoms with Gasteiger partial charge in [0, 0.05) is 66.6 Å². The summed E-state index contributed by atoms with van der Waals surface area (Å²) in [5, 5.41) is 25.2. The predicted octanol–water partition coefficient (Wildman–Crippen LogP) is 5.63. The minimum absolute atomic E-state index is 0. The average Bonchev–Trinajstić information content (AvgIpc) is 3.24. The zero-order valence-corrected chi connectivity index (χ0v) is 34.9. The lowest BCUT2D eigenvalue weighted by atomic mass is 9.99. The number of aliphatic hydroxyl groups is 1. The first-order chi connectivity index (χ1) is 28.4. The van der Waals surface area contributed by atoms with Gasteiger partial charge in [-0.3, -0.25) is 24.2 Å². The van der Waals surface area contributed by atoms with E-state index in [2.05, 4.69) is 41.5 Å². The molecule has 60 heavy (non-hydrogen) atoms. The molecule has 8 N–H and O–H groups in total. The fourth-order valence-corrected chi connectivity index (χ4v) is 6.21. The lowest BCUT2D eigenvalue weighted by molar-refractivity contribution is -0.135. The van der Waals surface area contributed by atoms with Crippen LogP contribution >= 0.6 is 12.4 Å². The van der Waals surface area contributed by atoms with E-state index in [1.807, 2.05) is 87.5 Å². The molecule has 0 aliphatic carbocycles. The number of benzene rings is 3. The monoisotopic (exact) mass is 835 g/mol. The molecule has 0 aliphatic rings. The zero-order chi connectivity index (χ0) is 42.1. The fraction of sp³-hybridized carbons (Fsp3) is 0.311. The van der Waals surface area contributed by atoms with Crippen LogP contribution in [-0.2, 0) is 27.3 Å². The number of aryl methyl sites for hydroxylation is 1. The number of aromatic nitrogens is 3. The summed E-state index contributed by atoms with van der Waals surface area (Å²) in [6.07, 6.45) is 5.71. The van der Waals surface area contributed by atoms with Crippen LogP contribution in [0, 0.1) is 12.8 Å². The average molecular weight is 836 g/mol. The van der Waals surface area contributed by atoms with E-state index in [0.29, 0.717) is 56.0 Å². The Morgan fingerprint density at radius 3 is 2.32 bits per heavy atom. The first-order valence-corrected chi connectivity index (χ1v) is 19.8. The molecule has 2 aromatic heterocycles. The predicted molar refractivity (Wildman–Crippen MR) is 236 cm³/mol. The van der Waals surface area contributed by atoms with Gasteiger partial charge in [0.2, 0.25) is 17.8 Å². The third-order valence-electron chi connectivity index (χ3n) is 9.52. The standard InChI is InChI=1S/C45H53N9O5.ClH/c1-29(2)24-39(52-44(59)41(56)36(46)25-31-10-5-4-6-11-31)43(58)48-22-8-7-13-40(55)50-27-32-15-17-33(18-16-32)42(57)51-35-19-14-30(3)38(26-35)54-45-49-23-20-37(53-45)34-12-9-21-47-28-34;/h4-6,9-12,14-21,23,26,28-29,36,39,41,56H,7-8,13,22,24-25,27,46H2,1-3H3,(H,48,58)(H,50,55)(H,51,57)(H,52,59)(H,49,53,54);1H/t36-,39+,41+;/m1./s1. The van der Waals surface area contributed by atoms with Crippen LogP contribution < -0.4 is 32.3 Å². The molecule has 15 heteroatoms. The molecule has 0 saturated carbocycles. The van der Waals surface area contributed by atoms with Crippen LogP contribution in [0.15, 0.2) is 110 Å². The van der Waals surface area contributed by atoms with Gasteiger partial charge >= 0.3 is 0 Å². The molecule has 316 valence electrons. The van der Waals surface area contributed by atoms with Crippen molar-refractivity contribution in [2.45, 2.75) is 77.6 Å². The summed E-state index contributed by atoms with van der Waals surface area (Å²) in [6, 6.07) is 25.8. The molecule has 0 fully saturated rings. The highest BCUT2D eigenvalue weighted by atomic mass is 35.5. The zero-order valence-electron chi connectivity index (χ0n) is 34.1. The second kappa shape index (κ2) is 23.4. The Morgan fingerprint density at radius 2 is 1.60 bits per heavy atom. The molecule has 5 rings (SSSR count). The molecule has 0 aliphatic heterocycles. The third-order valence-corrected chi connectivity index (χ3v) is 9.52. The number of hydrogen-bond acceptors (Lipinski definition) is 10. The maximum Gasteiger partial charge on any atom is 0.255 e. The van der Waals surface area contributed by atoms with Crippen LogP contribution in [-0.4, -0.2) is 68.4 Å². The molecule has 0 bridgehead atoms. The van der Waals surface area contributed by atoms with Gasteiger partial charge in [-0.15, -0.1) is 12.4 Å². The number of anilines is 3. The Bertz CT molecular complexity index is 2160. The van der Waals surface area contributed by atoms with Gasteiger partial charge in [0.05, 0.1) is 5.69 Å². The second-order valence-corrected chi connectivity index (χ2v) is 14.8. The maximum absolute atomic E-state index is 13.1. The molecular formula is C45H54ClN9O5. The molecule has 14 nitrogen and oxygen atoms in total. The SMILES string of the molecule is Cc1ccc(NC(=O)c2ccc(CNC(=O)CCCCNC(=O)[C@H](CC(C)C)NC(=O)[C@@H](O)[C@H](N)Cc3ccccc3)cc2)cc1Nc1nccc(-c2cccnc2)n1.Cl. The number of rotatable bonds is 20. The normalized spacial score (nSPS) is 12.3. The van der Waals surface area contributed by atoms with Crippen LogP contribution in [0.3, 0.4) is 0 Å². The lowest BCUT2D eigenvalue weighted by Crippen LogP contribution is -2.54. The minimum atomic E-state index is -1.47. The molecule has 0 radical (unpaired) electrons. The van der Waals surface area contributed by atoms with E-state index in [9.17, 15) is 24.3 Å². The summed E-state index contributed by atoms with van der Waals surface area (Å²) in [7, 11) is 0. The molecular weight excluding hydrogens is 782 g/mol. The molecule has 5 aromatic rings. The van der Waals surface area contributed by atoms with Gasteiger partial charge in [-0.2, -0.15) is 0 Å². The fourth-order valence-electron chi connectivity index (χ4n) is 6.21. The Kier molecular flexibility index (Phi) is 18.1. The van der Waals surface area contributed by atoms with E-state index in [4.69, 9.17) is 5.73 Å². The van der Waals surface area contributed by atoms with Gasteiger partial charge in [0.1, 0.15) is 12.1 Å². The Labute approximate surface area is 357 Å². The first-order valence-electron chi connectivity index (χ1n) is 19.8. The molecule has 0 unspecified atom stereocenters. The van der Waals surface area contributed by atoms with E-state index in [-0.39, 0.29) is 42.5 Å². The van der Waals surface area contributed by atoms with Crippen LogP contribution in [0.1, 0.15) is 66.6 Å². The van der Waals surface area contributed by atoms with Gasteiger partial charge in [0.15, 0.2) is 0 Å². The Balaban J connectivity index is 0.00000794. The third kappa shape index (κ3) is 14.6. The second-order valence-electron chi connectivity index (χ2n) is 14.8. The summed E-state index contributed by atoms with van der Waals surface area (Å²) in [4.78, 5) is 64.6. The largest absolute Gasteiger partial charge is 0.382 e. The van der Waals surface area contributed by atoms with E-state index in [1.165, 1.54) is 0 Å². The Hall–Kier alpha value is -6.22. The molecule has 3 atom stereocenters. The van der Waals surface area contributed by atoms with Crippen molar-refractivity contribution in [1.82, 2.24) is 30.9 Å². The molecule has 0 spiro atoms. The molecule has 3 aromatic carbocycles. The first kappa shape index (κ1) is 46.5. The number of hydrogen-bond donors (Lipinski definition) is 7. The van der Waals surface area contributed by atoms with Crippen molar-refractivity contribution >= 4 is 53.4 Å². The van der Waals surface area contributed by atoms with Gasteiger partial charge < -0.3 is 37.4 Å². The number of carbonyl (C=O) groups excluding carboxylic acids is 4. The summed E-state index contributed by atoms with van der Waals surface area (Å²) < 4.78 is 0. The van der Waals surface area contributed by atoms with Gasteiger partial charge in [-0.25, -0.2) is 9.97 Å². The quantitative estimate of drug-likeness (QED) is 0.0480. The summed E-state index contributed by atoms with van der Waals surface area (Å²) in [6.45, 7) is 6.46. The number of halogens is 1. The van der Waals surface area contributed by atoms with Crippen LogP contribution in [0.5, 0.6) is 0 Å². The van der Waals surface area contributed by atoms with Crippen molar-refractivity contribution in [3.8, 4) is 11.3 Å². The number of nitrogens with two attached hydrogens (primary N) is 1. The van der Waals surface area contributed by atoms with Gasteiger partial charge in [-0.05, 0) is 97.7 Å². The number of pyridine rings is 1.